The van der Waals surface area contributed by atoms with E-state index in [4.69, 9.17) is 18.0 Å². The van der Waals surface area contributed by atoms with Crippen LogP contribution in [0, 0.1) is 5.41 Å². The van der Waals surface area contributed by atoms with E-state index in [1.807, 2.05) is 42.2 Å². The maximum atomic E-state index is 13.1. The van der Waals surface area contributed by atoms with Gasteiger partial charge in [-0.2, -0.15) is 0 Å². The molecule has 1 saturated carbocycles. The Morgan fingerprint density at radius 3 is 2.38 bits per heavy atom. The van der Waals surface area contributed by atoms with Crippen LogP contribution in [-0.2, 0) is 11.3 Å². The lowest BCUT2D eigenvalue weighted by Gasteiger charge is -2.38. The SMILES string of the molecule is CCN(Cc1ccccc1)C(=O)C1(C(N)=S)CCCCC1. The first-order valence-electron chi connectivity index (χ1n) is 7.73. The van der Waals surface area contributed by atoms with Crippen LogP contribution >= 0.6 is 12.2 Å². The van der Waals surface area contributed by atoms with Gasteiger partial charge < -0.3 is 10.6 Å². The van der Waals surface area contributed by atoms with Gasteiger partial charge in [0.2, 0.25) is 5.91 Å². The predicted octanol–water partition coefficient (Wildman–Crippen LogP) is 3.27. The van der Waals surface area contributed by atoms with Gasteiger partial charge in [0.15, 0.2) is 0 Å². The molecule has 0 saturated heterocycles. The van der Waals surface area contributed by atoms with E-state index >= 15 is 0 Å². The maximum absolute atomic E-state index is 13.1. The first-order chi connectivity index (χ1) is 10.1. The quantitative estimate of drug-likeness (QED) is 0.849. The Balaban J connectivity index is 2.19. The molecule has 1 aromatic carbocycles. The van der Waals surface area contributed by atoms with Crippen LogP contribution in [0.15, 0.2) is 30.3 Å². The van der Waals surface area contributed by atoms with Crippen molar-refractivity contribution in [1.82, 2.24) is 4.90 Å². The molecule has 2 rings (SSSR count). The van der Waals surface area contributed by atoms with Gasteiger partial charge in [-0.25, -0.2) is 0 Å². The number of benzene rings is 1. The fraction of sp³-hybridized carbons (Fsp3) is 0.529. The van der Waals surface area contributed by atoms with Gasteiger partial charge in [-0.3, -0.25) is 4.79 Å². The summed E-state index contributed by atoms with van der Waals surface area (Å²) in [6, 6.07) is 10.1. The molecule has 1 aliphatic carbocycles. The van der Waals surface area contributed by atoms with E-state index in [9.17, 15) is 4.79 Å². The second-order valence-corrected chi connectivity index (χ2v) is 6.25. The second-order valence-electron chi connectivity index (χ2n) is 5.81. The van der Waals surface area contributed by atoms with Gasteiger partial charge in [-0.05, 0) is 25.3 Å². The van der Waals surface area contributed by atoms with Gasteiger partial charge in [0.25, 0.3) is 0 Å². The molecule has 0 heterocycles. The summed E-state index contributed by atoms with van der Waals surface area (Å²) >= 11 is 5.27. The monoisotopic (exact) mass is 304 g/mol. The topological polar surface area (TPSA) is 46.3 Å². The van der Waals surface area contributed by atoms with Gasteiger partial charge in [-0.1, -0.05) is 61.8 Å². The summed E-state index contributed by atoms with van der Waals surface area (Å²) in [4.78, 5) is 15.3. The highest BCUT2D eigenvalue weighted by Crippen LogP contribution is 2.38. The lowest BCUT2D eigenvalue weighted by atomic mass is 9.72. The summed E-state index contributed by atoms with van der Waals surface area (Å²) in [5.41, 5.74) is 6.50. The second kappa shape index (κ2) is 7.03. The Hall–Kier alpha value is -1.42. The number of nitrogens with two attached hydrogens (primary N) is 1. The van der Waals surface area contributed by atoms with Crippen molar-refractivity contribution < 1.29 is 4.79 Å². The van der Waals surface area contributed by atoms with Gasteiger partial charge in [0, 0.05) is 13.1 Å². The highest BCUT2D eigenvalue weighted by atomic mass is 32.1. The molecule has 1 aromatic rings. The third kappa shape index (κ3) is 3.43. The average Bonchev–Trinajstić information content (AvgIpc) is 2.53. The van der Waals surface area contributed by atoms with E-state index in [-0.39, 0.29) is 5.91 Å². The zero-order valence-electron chi connectivity index (χ0n) is 12.7. The summed E-state index contributed by atoms with van der Waals surface area (Å²) < 4.78 is 0. The lowest BCUT2D eigenvalue weighted by Crippen LogP contribution is -2.51. The molecule has 1 aliphatic rings. The van der Waals surface area contributed by atoms with Crippen LogP contribution in [0.2, 0.25) is 0 Å². The molecule has 21 heavy (non-hydrogen) atoms. The number of hydrogen-bond donors (Lipinski definition) is 1. The highest BCUT2D eigenvalue weighted by molar-refractivity contribution is 7.80. The molecule has 1 amide bonds. The van der Waals surface area contributed by atoms with Crippen LogP contribution in [0.4, 0.5) is 0 Å². The van der Waals surface area contributed by atoms with E-state index in [0.717, 1.165) is 31.2 Å². The molecule has 114 valence electrons. The van der Waals surface area contributed by atoms with Crippen molar-refractivity contribution in [3.63, 3.8) is 0 Å². The molecule has 4 heteroatoms. The van der Waals surface area contributed by atoms with E-state index < -0.39 is 5.41 Å². The molecular formula is C17H24N2OS. The lowest BCUT2D eigenvalue weighted by molar-refractivity contribution is -0.140. The number of hydrogen-bond acceptors (Lipinski definition) is 2. The van der Waals surface area contributed by atoms with Crippen molar-refractivity contribution in [2.24, 2.45) is 11.1 Å². The molecule has 0 radical (unpaired) electrons. The molecule has 0 atom stereocenters. The number of rotatable bonds is 5. The summed E-state index contributed by atoms with van der Waals surface area (Å²) in [5, 5.41) is 0. The van der Waals surface area contributed by atoms with Crippen molar-refractivity contribution in [3.8, 4) is 0 Å². The first-order valence-corrected chi connectivity index (χ1v) is 8.14. The summed E-state index contributed by atoms with van der Waals surface area (Å²) in [6.45, 7) is 3.32. The smallest absolute Gasteiger partial charge is 0.235 e. The van der Waals surface area contributed by atoms with Crippen LogP contribution in [0.25, 0.3) is 0 Å². The van der Waals surface area contributed by atoms with E-state index in [2.05, 4.69) is 0 Å². The Morgan fingerprint density at radius 1 is 1.24 bits per heavy atom. The van der Waals surface area contributed by atoms with Gasteiger partial charge in [0.05, 0.1) is 10.4 Å². The minimum Gasteiger partial charge on any atom is -0.392 e. The maximum Gasteiger partial charge on any atom is 0.235 e. The third-order valence-electron chi connectivity index (χ3n) is 4.47. The van der Waals surface area contributed by atoms with Crippen molar-refractivity contribution >= 4 is 23.1 Å². The minimum atomic E-state index is -0.613. The predicted molar refractivity (Wildman–Crippen MR) is 89.8 cm³/mol. The molecule has 1 fully saturated rings. The molecular weight excluding hydrogens is 280 g/mol. The van der Waals surface area contributed by atoms with Crippen molar-refractivity contribution in [1.29, 1.82) is 0 Å². The van der Waals surface area contributed by atoms with Crippen LogP contribution < -0.4 is 5.73 Å². The Labute approximate surface area is 132 Å². The summed E-state index contributed by atoms with van der Waals surface area (Å²) in [7, 11) is 0. The van der Waals surface area contributed by atoms with Gasteiger partial charge >= 0.3 is 0 Å². The normalized spacial score (nSPS) is 17.2. The van der Waals surface area contributed by atoms with E-state index in [1.54, 1.807) is 0 Å². The summed E-state index contributed by atoms with van der Waals surface area (Å²) in [6.07, 6.45) is 4.83. The largest absolute Gasteiger partial charge is 0.392 e. The summed E-state index contributed by atoms with van der Waals surface area (Å²) in [5.74, 6) is 0.112. The van der Waals surface area contributed by atoms with Crippen LogP contribution in [0.1, 0.15) is 44.6 Å². The van der Waals surface area contributed by atoms with Gasteiger partial charge in [-0.15, -0.1) is 0 Å². The van der Waals surface area contributed by atoms with E-state index in [1.165, 1.54) is 6.42 Å². The Kier molecular flexibility index (Phi) is 5.34. The zero-order chi connectivity index (χ0) is 15.3. The fourth-order valence-electron chi connectivity index (χ4n) is 3.15. The first kappa shape index (κ1) is 16.0. The van der Waals surface area contributed by atoms with E-state index in [0.29, 0.717) is 18.1 Å². The molecule has 0 aromatic heterocycles. The number of carbonyl (C=O) groups is 1. The Morgan fingerprint density at radius 2 is 1.86 bits per heavy atom. The van der Waals surface area contributed by atoms with Crippen LogP contribution in [0.3, 0.4) is 0 Å². The van der Waals surface area contributed by atoms with Gasteiger partial charge in [0.1, 0.15) is 0 Å². The average molecular weight is 304 g/mol. The third-order valence-corrected chi connectivity index (χ3v) is 4.86. The fourth-order valence-corrected chi connectivity index (χ4v) is 3.45. The van der Waals surface area contributed by atoms with Crippen molar-refractivity contribution in [2.45, 2.75) is 45.6 Å². The van der Waals surface area contributed by atoms with Crippen LogP contribution in [0.5, 0.6) is 0 Å². The number of nitrogens with zero attached hydrogens (tertiary/aromatic N) is 1. The molecule has 0 unspecified atom stereocenters. The number of carbonyl (C=O) groups excluding carboxylic acids is 1. The zero-order valence-corrected chi connectivity index (χ0v) is 13.5. The molecule has 0 spiro atoms. The Bertz CT molecular complexity index is 495. The van der Waals surface area contributed by atoms with Crippen molar-refractivity contribution in [3.05, 3.63) is 35.9 Å². The molecule has 0 bridgehead atoms. The van der Waals surface area contributed by atoms with Crippen molar-refractivity contribution in [2.75, 3.05) is 6.54 Å². The minimum absolute atomic E-state index is 0.112. The van der Waals surface area contributed by atoms with Crippen LogP contribution in [-0.4, -0.2) is 22.3 Å². The molecule has 2 N–H and O–H groups in total. The molecule has 3 nitrogen and oxygen atoms in total. The number of thiocarbonyl (C=S) groups is 1. The number of amides is 1. The molecule has 0 aliphatic heterocycles. The standard InChI is InChI=1S/C17H24N2OS/c1-2-19(13-14-9-5-3-6-10-14)16(20)17(15(18)21)11-7-4-8-12-17/h3,5-6,9-10H,2,4,7-8,11-13H2,1H3,(H2,18,21). The highest BCUT2D eigenvalue weighted by Gasteiger charge is 2.44.